The summed E-state index contributed by atoms with van der Waals surface area (Å²) in [6, 6.07) is 22.8. The molecule has 0 atom stereocenters. The SMILES string of the molecule is O=S(=O)(O)c1ccc2c(-c3nc4ccccc4o3)ccc(-c3nc4ccccc4o3)c2c1. The summed E-state index contributed by atoms with van der Waals surface area (Å²) in [7, 11) is -4.41. The van der Waals surface area contributed by atoms with Gasteiger partial charge in [-0.15, -0.1) is 0 Å². The van der Waals surface area contributed by atoms with Crippen LogP contribution in [0.4, 0.5) is 0 Å². The average molecular weight is 442 g/mol. The second-order valence-electron chi connectivity index (χ2n) is 7.32. The first kappa shape index (κ1) is 18.7. The van der Waals surface area contributed by atoms with Gasteiger partial charge in [0.2, 0.25) is 11.8 Å². The van der Waals surface area contributed by atoms with Crippen LogP contribution in [0.1, 0.15) is 0 Å². The maximum absolute atomic E-state index is 11.8. The number of oxazole rings is 2. The van der Waals surface area contributed by atoms with Crippen LogP contribution in [0.15, 0.2) is 92.6 Å². The molecule has 0 bridgehead atoms. The average Bonchev–Trinajstić information content (AvgIpc) is 3.41. The van der Waals surface area contributed by atoms with Gasteiger partial charge in [-0.2, -0.15) is 8.42 Å². The third-order valence-corrected chi connectivity index (χ3v) is 6.18. The van der Waals surface area contributed by atoms with Crippen LogP contribution in [0.2, 0.25) is 0 Å². The van der Waals surface area contributed by atoms with Crippen LogP contribution in [0.25, 0.3) is 55.9 Å². The van der Waals surface area contributed by atoms with E-state index in [9.17, 15) is 13.0 Å². The Kier molecular flexibility index (Phi) is 3.95. The molecule has 0 aliphatic heterocycles. The van der Waals surface area contributed by atoms with Crippen molar-refractivity contribution < 1.29 is 21.8 Å². The number of hydrogen-bond acceptors (Lipinski definition) is 6. The van der Waals surface area contributed by atoms with Crippen LogP contribution in [0.5, 0.6) is 0 Å². The zero-order chi connectivity index (χ0) is 21.9. The second kappa shape index (κ2) is 6.74. The Morgan fingerprint density at radius 2 is 1.19 bits per heavy atom. The zero-order valence-electron chi connectivity index (χ0n) is 16.4. The molecule has 8 heteroatoms. The lowest BCUT2D eigenvalue weighted by Crippen LogP contribution is -1.98. The topological polar surface area (TPSA) is 106 Å². The normalized spacial score (nSPS) is 12.2. The summed E-state index contributed by atoms with van der Waals surface area (Å²) in [6.45, 7) is 0. The number of aromatic nitrogens is 2. The van der Waals surface area contributed by atoms with Crippen LogP contribution >= 0.6 is 0 Å². The fourth-order valence-electron chi connectivity index (χ4n) is 3.84. The molecule has 4 aromatic carbocycles. The molecule has 1 N–H and O–H groups in total. The van der Waals surface area contributed by atoms with Gasteiger partial charge in [-0.25, -0.2) is 9.97 Å². The number of para-hydroxylation sites is 4. The van der Waals surface area contributed by atoms with E-state index in [0.717, 1.165) is 0 Å². The quantitative estimate of drug-likeness (QED) is 0.350. The summed E-state index contributed by atoms with van der Waals surface area (Å²) in [6.07, 6.45) is 0. The fraction of sp³-hybridized carbons (Fsp3) is 0. The van der Waals surface area contributed by atoms with E-state index in [1.165, 1.54) is 12.1 Å². The Labute approximate surface area is 181 Å². The van der Waals surface area contributed by atoms with Gasteiger partial charge >= 0.3 is 0 Å². The molecule has 0 aliphatic carbocycles. The van der Waals surface area contributed by atoms with Gasteiger partial charge in [0, 0.05) is 11.1 Å². The standard InChI is InChI=1S/C24H14N2O5S/c27-32(28,29)14-9-10-15-16(23-25-19-5-1-3-7-21(19)30-23)11-12-17(18(15)13-14)24-26-20-6-2-4-8-22(20)31-24/h1-13H,(H,27,28,29). The summed E-state index contributed by atoms with van der Waals surface area (Å²) in [4.78, 5) is 8.89. The molecule has 6 rings (SSSR count). The molecule has 0 amide bonds. The number of hydrogen-bond donors (Lipinski definition) is 1. The first-order valence-electron chi connectivity index (χ1n) is 9.73. The van der Waals surface area contributed by atoms with E-state index < -0.39 is 10.1 Å². The van der Waals surface area contributed by atoms with E-state index in [2.05, 4.69) is 9.97 Å². The molecule has 0 saturated carbocycles. The summed E-state index contributed by atoms with van der Waals surface area (Å²) in [5, 5.41) is 1.22. The Morgan fingerprint density at radius 3 is 1.72 bits per heavy atom. The number of benzene rings is 4. The lowest BCUT2D eigenvalue weighted by molar-refractivity contribution is 0.483. The van der Waals surface area contributed by atoms with Gasteiger partial charge in [0.05, 0.1) is 4.90 Å². The van der Waals surface area contributed by atoms with Gasteiger partial charge in [-0.1, -0.05) is 30.3 Å². The van der Waals surface area contributed by atoms with Crippen LogP contribution in [0, 0.1) is 0 Å². The highest BCUT2D eigenvalue weighted by molar-refractivity contribution is 7.85. The Morgan fingerprint density at radius 1 is 0.656 bits per heavy atom. The highest BCUT2D eigenvalue weighted by Gasteiger charge is 2.19. The van der Waals surface area contributed by atoms with Crippen LogP contribution in [-0.4, -0.2) is 22.9 Å². The van der Waals surface area contributed by atoms with Crippen molar-refractivity contribution in [2.45, 2.75) is 4.90 Å². The van der Waals surface area contributed by atoms with Gasteiger partial charge in [0.1, 0.15) is 11.0 Å². The van der Waals surface area contributed by atoms with Gasteiger partial charge in [-0.3, -0.25) is 4.55 Å². The summed E-state index contributed by atoms with van der Waals surface area (Å²) >= 11 is 0. The van der Waals surface area contributed by atoms with E-state index >= 15 is 0 Å². The third-order valence-electron chi connectivity index (χ3n) is 5.33. The molecule has 0 radical (unpaired) electrons. The highest BCUT2D eigenvalue weighted by atomic mass is 32.2. The molecule has 0 fully saturated rings. The Hall–Kier alpha value is -4.01. The molecule has 6 aromatic rings. The highest BCUT2D eigenvalue weighted by Crippen LogP contribution is 2.38. The zero-order valence-corrected chi connectivity index (χ0v) is 17.2. The minimum atomic E-state index is -4.41. The summed E-state index contributed by atoms with van der Waals surface area (Å²) in [5.74, 6) is 0.743. The smallest absolute Gasteiger partial charge is 0.294 e. The Bertz CT molecular complexity index is 1700. The van der Waals surface area contributed by atoms with Crippen LogP contribution < -0.4 is 0 Å². The maximum Gasteiger partial charge on any atom is 0.294 e. The molecule has 0 aliphatic rings. The Balaban J connectivity index is 1.65. The molecular formula is C24H14N2O5S. The monoisotopic (exact) mass is 442 g/mol. The van der Waals surface area contributed by atoms with Crippen molar-refractivity contribution in [3.05, 3.63) is 78.9 Å². The maximum atomic E-state index is 11.8. The lowest BCUT2D eigenvalue weighted by Gasteiger charge is -2.09. The van der Waals surface area contributed by atoms with Gasteiger partial charge < -0.3 is 8.83 Å². The minimum absolute atomic E-state index is 0.225. The van der Waals surface area contributed by atoms with E-state index in [1.807, 2.05) is 54.6 Å². The van der Waals surface area contributed by atoms with Gasteiger partial charge in [0.25, 0.3) is 10.1 Å². The molecule has 7 nitrogen and oxygen atoms in total. The molecule has 0 saturated heterocycles. The van der Waals surface area contributed by atoms with E-state index in [-0.39, 0.29) is 4.90 Å². The van der Waals surface area contributed by atoms with Gasteiger partial charge in [-0.05, 0) is 59.3 Å². The fourth-order valence-corrected chi connectivity index (χ4v) is 4.34. The number of rotatable bonds is 3. The number of fused-ring (bicyclic) bond motifs is 3. The minimum Gasteiger partial charge on any atom is -0.436 e. The first-order chi connectivity index (χ1) is 15.5. The molecular weight excluding hydrogens is 428 g/mol. The molecule has 2 heterocycles. The lowest BCUT2D eigenvalue weighted by atomic mass is 9.99. The van der Waals surface area contributed by atoms with Gasteiger partial charge in [0.15, 0.2) is 11.2 Å². The predicted molar refractivity (Wildman–Crippen MR) is 120 cm³/mol. The predicted octanol–water partition coefficient (Wildman–Crippen LogP) is 5.70. The molecule has 0 spiro atoms. The molecule has 156 valence electrons. The van der Waals surface area contributed by atoms with Crippen molar-refractivity contribution in [1.82, 2.24) is 9.97 Å². The first-order valence-corrected chi connectivity index (χ1v) is 11.2. The third kappa shape index (κ3) is 2.96. The van der Waals surface area contributed by atoms with Crippen molar-refractivity contribution in [2.75, 3.05) is 0 Å². The van der Waals surface area contributed by atoms with Crippen molar-refractivity contribution in [2.24, 2.45) is 0 Å². The van der Waals surface area contributed by atoms with Crippen molar-refractivity contribution in [3.63, 3.8) is 0 Å². The van der Waals surface area contributed by atoms with Crippen LogP contribution in [-0.2, 0) is 10.1 Å². The molecule has 0 unspecified atom stereocenters. The summed E-state index contributed by atoms with van der Waals surface area (Å²) < 4.78 is 45.1. The number of nitrogens with zero attached hydrogens (tertiary/aromatic N) is 2. The van der Waals surface area contributed by atoms with Crippen molar-refractivity contribution >= 4 is 43.1 Å². The summed E-state index contributed by atoms with van der Waals surface area (Å²) in [5.41, 5.74) is 3.93. The second-order valence-corrected chi connectivity index (χ2v) is 8.74. The van der Waals surface area contributed by atoms with Crippen LogP contribution in [0.3, 0.4) is 0 Å². The largest absolute Gasteiger partial charge is 0.436 e. The van der Waals surface area contributed by atoms with Crippen molar-refractivity contribution in [1.29, 1.82) is 0 Å². The van der Waals surface area contributed by atoms with E-state index in [1.54, 1.807) is 12.1 Å². The van der Waals surface area contributed by atoms with E-state index in [4.69, 9.17) is 8.83 Å². The molecule has 2 aromatic heterocycles. The van der Waals surface area contributed by atoms with Crippen molar-refractivity contribution in [3.8, 4) is 22.9 Å². The van der Waals surface area contributed by atoms with E-state index in [0.29, 0.717) is 55.9 Å². The molecule has 32 heavy (non-hydrogen) atoms.